The second kappa shape index (κ2) is 9.16. The third-order valence-electron chi connectivity index (χ3n) is 5.22. The van der Waals surface area contributed by atoms with Crippen LogP contribution in [0.25, 0.3) is 22.2 Å². The van der Waals surface area contributed by atoms with Gasteiger partial charge in [-0.2, -0.15) is 5.26 Å². The van der Waals surface area contributed by atoms with Gasteiger partial charge in [-0.05, 0) is 41.8 Å². The highest BCUT2D eigenvalue weighted by molar-refractivity contribution is 5.82. The molecule has 160 valence electrons. The standard InChI is InChI=1S/C23H24N4O4/c1-27-19-12-17(7-8-20(19)31-23(27)29)16-5-3-15(4-6-16)11-18(13-24)26-22(28)21-14-25-9-2-10-30-21/h3-8,12,18,21,25H,2,9-11,14H2,1H3,(H,26,28)/t18-,21-/m0/s1/i1D3. The van der Waals surface area contributed by atoms with E-state index in [0.717, 1.165) is 24.1 Å². The van der Waals surface area contributed by atoms with Crippen LogP contribution in [0.5, 0.6) is 0 Å². The molecule has 3 aromatic rings. The number of hydrogen-bond donors (Lipinski definition) is 2. The van der Waals surface area contributed by atoms with Gasteiger partial charge in [0, 0.05) is 30.7 Å². The summed E-state index contributed by atoms with van der Waals surface area (Å²) in [7, 11) is 0. The van der Waals surface area contributed by atoms with E-state index in [1.807, 2.05) is 24.3 Å². The topological polar surface area (TPSA) is 109 Å². The lowest BCUT2D eigenvalue weighted by molar-refractivity contribution is -0.132. The zero-order valence-corrected chi connectivity index (χ0v) is 16.8. The van der Waals surface area contributed by atoms with Crippen LogP contribution in [0, 0.1) is 11.3 Å². The van der Waals surface area contributed by atoms with Gasteiger partial charge < -0.3 is 19.8 Å². The van der Waals surface area contributed by atoms with Gasteiger partial charge in [0.15, 0.2) is 5.58 Å². The maximum absolute atomic E-state index is 12.5. The third-order valence-corrected chi connectivity index (χ3v) is 5.22. The molecule has 1 fully saturated rings. The summed E-state index contributed by atoms with van der Waals surface area (Å²) in [6, 6.07) is 13.7. The second-order valence-electron chi connectivity index (χ2n) is 7.39. The van der Waals surface area contributed by atoms with Gasteiger partial charge in [-0.3, -0.25) is 9.36 Å². The molecule has 1 aliphatic rings. The van der Waals surface area contributed by atoms with E-state index < -0.39 is 24.9 Å². The summed E-state index contributed by atoms with van der Waals surface area (Å²) in [6.07, 6.45) is 0.535. The number of nitrogens with one attached hydrogen (secondary N) is 2. The smallest absolute Gasteiger partial charge is 0.408 e. The van der Waals surface area contributed by atoms with E-state index >= 15 is 0 Å². The molecule has 31 heavy (non-hydrogen) atoms. The third kappa shape index (κ3) is 4.68. The minimum Gasteiger partial charge on any atom is -0.408 e. The maximum atomic E-state index is 12.5. The number of amides is 1. The molecule has 4 rings (SSSR count). The number of ether oxygens (including phenoxy) is 1. The molecule has 0 saturated carbocycles. The molecule has 2 N–H and O–H groups in total. The van der Waals surface area contributed by atoms with E-state index in [-0.39, 0.29) is 17.0 Å². The van der Waals surface area contributed by atoms with Gasteiger partial charge in [0.25, 0.3) is 5.91 Å². The minimum absolute atomic E-state index is 0.189. The Morgan fingerprint density at radius 2 is 2.16 bits per heavy atom. The number of aryl methyl sites for hydroxylation is 1. The van der Waals surface area contributed by atoms with Crippen LogP contribution < -0.4 is 16.4 Å². The molecule has 0 bridgehead atoms. The fourth-order valence-electron chi connectivity index (χ4n) is 3.54. The van der Waals surface area contributed by atoms with Gasteiger partial charge in [0.05, 0.1) is 11.6 Å². The molecule has 1 aromatic heterocycles. The molecule has 0 aliphatic carbocycles. The summed E-state index contributed by atoms with van der Waals surface area (Å²) >= 11 is 0. The van der Waals surface area contributed by atoms with Crippen LogP contribution in [-0.2, 0) is 22.9 Å². The van der Waals surface area contributed by atoms with Crippen molar-refractivity contribution < 1.29 is 18.1 Å². The molecule has 8 heteroatoms. The van der Waals surface area contributed by atoms with Crippen molar-refractivity contribution in [1.29, 1.82) is 5.26 Å². The van der Waals surface area contributed by atoms with Crippen LogP contribution in [0.15, 0.2) is 51.7 Å². The Morgan fingerprint density at radius 1 is 1.35 bits per heavy atom. The van der Waals surface area contributed by atoms with E-state index in [2.05, 4.69) is 16.7 Å². The van der Waals surface area contributed by atoms with Crippen molar-refractivity contribution in [3.8, 4) is 17.2 Å². The van der Waals surface area contributed by atoms with Crippen LogP contribution >= 0.6 is 0 Å². The first-order valence-electron chi connectivity index (χ1n) is 11.5. The SMILES string of the molecule is [2H]C([2H])([2H])n1c(=O)oc2ccc(-c3ccc(C[C@@H](C#N)NC(=O)[C@@H]4CNCCCO4)cc3)cc21. The van der Waals surface area contributed by atoms with E-state index in [1.54, 1.807) is 18.2 Å². The van der Waals surface area contributed by atoms with Crippen molar-refractivity contribution in [1.82, 2.24) is 15.2 Å². The molecule has 2 atom stereocenters. The highest BCUT2D eigenvalue weighted by atomic mass is 16.5. The fraction of sp³-hybridized carbons (Fsp3) is 0.348. The summed E-state index contributed by atoms with van der Waals surface area (Å²) in [5.41, 5.74) is 2.74. The summed E-state index contributed by atoms with van der Waals surface area (Å²) < 4.78 is 34.0. The van der Waals surface area contributed by atoms with Crippen molar-refractivity contribution in [2.24, 2.45) is 6.98 Å². The van der Waals surface area contributed by atoms with Crippen LogP contribution in [0.3, 0.4) is 0 Å². The van der Waals surface area contributed by atoms with Gasteiger partial charge in [0.1, 0.15) is 12.1 Å². The molecule has 0 radical (unpaired) electrons. The molecule has 1 amide bonds. The van der Waals surface area contributed by atoms with Crippen molar-refractivity contribution in [3.63, 3.8) is 0 Å². The fourth-order valence-corrected chi connectivity index (χ4v) is 3.54. The molecule has 2 aromatic carbocycles. The number of aromatic nitrogens is 1. The average molecular weight is 423 g/mol. The van der Waals surface area contributed by atoms with Crippen molar-refractivity contribution in [3.05, 3.63) is 58.6 Å². The molecule has 1 saturated heterocycles. The van der Waals surface area contributed by atoms with Gasteiger partial charge >= 0.3 is 5.76 Å². The molecular formula is C23H24N4O4. The van der Waals surface area contributed by atoms with Crippen molar-refractivity contribution >= 4 is 17.0 Å². The number of fused-ring (bicyclic) bond motifs is 1. The van der Waals surface area contributed by atoms with E-state index in [9.17, 15) is 14.9 Å². The van der Waals surface area contributed by atoms with Crippen molar-refractivity contribution in [2.75, 3.05) is 19.7 Å². The highest BCUT2D eigenvalue weighted by Crippen LogP contribution is 2.24. The Morgan fingerprint density at radius 3 is 2.94 bits per heavy atom. The minimum atomic E-state index is -2.65. The van der Waals surface area contributed by atoms with Crippen LogP contribution in [0.1, 0.15) is 16.1 Å². The molecule has 0 unspecified atom stereocenters. The Balaban J connectivity index is 1.48. The lowest BCUT2D eigenvalue weighted by Gasteiger charge is -2.18. The van der Waals surface area contributed by atoms with Gasteiger partial charge in [0.2, 0.25) is 0 Å². The van der Waals surface area contributed by atoms with Crippen LogP contribution in [0.2, 0.25) is 0 Å². The number of oxazole rings is 1. The average Bonchev–Trinajstić information content (AvgIpc) is 2.96. The van der Waals surface area contributed by atoms with Crippen LogP contribution in [0.4, 0.5) is 0 Å². The Hall–Kier alpha value is -3.41. The molecule has 1 aliphatic heterocycles. The molecule has 8 nitrogen and oxygen atoms in total. The lowest BCUT2D eigenvalue weighted by atomic mass is 10.0. The molecular weight excluding hydrogens is 396 g/mol. The quantitative estimate of drug-likeness (QED) is 0.647. The number of carbonyl (C=O) groups excluding carboxylic acids is 1. The molecule has 0 spiro atoms. The summed E-state index contributed by atoms with van der Waals surface area (Å²) in [5.74, 6) is -1.25. The Labute approximate surface area is 183 Å². The summed E-state index contributed by atoms with van der Waals surface area (Å²) in [6.45, 7) is -0.953. The monoisotopic (exact) mass is 423 g/mol. The van der Waals surface area contributed by atoms with E-state index in [0.29, 0.717) is 29.7 Å². The number of nitriles is 1. The van der Waals surface area contributed by atoms with Crippen molar-refractivity contribution in [2.45, 2.75) is 25.0 Å². The number of hydrogen-bond acceptors (Lipinski definition) is 6. The maximum Gasteiger partial charge on any atom is 0.419 e. The normalized spacial score (nSPS) is 19.5. The molecule has 2 heterocycles. The predicted molar refractivity (Wildman–Crippen MR) is 115 cm³/mol. The number of carbonyl (C=O) groups is 1. The van der Waals surface area contributed by atoms with E-state index in [4.69, 9.17) is 13.3 Å². The highest BCUT2D eigenvalue weighted by Gasteiger charge is 2.23. The Kier molecular flexibility index (Phi) is 5.11. The van der Waals surface area contributed by atoms with E-state index in [1.165, 1.54) is 0 Å². The van der Waals surface area contributed by atoms with Gasteiger partial charge in [-0.25, -0.2) is 4.79 Å². The van der Waals surface area contributed by atoms with Crippen LogP contribution in [-0.4, -0.2) is 42.3 Å². The largest absolute Gasteiger partial charge is 0.419 e. The lowest BCUT2D eigenvalue weighted by Crippen LogP contribution is -2.46. The number of benzene rings is 2. The number of rotatable bonds is 5. The Bertz CT molecular complexity index is 1270. The van der Waals surface area contributed by atoms with Gasteiger partial charge in [-0.15, -0.1) is 0 Å². The summed E-state index contributed by atoms with van der Waals surface area (Å²) in [5, 5.41) is 15.4. The first-order valence-corrected chi connectivity index (χ1v) is 10.0. The zero-order chi connectivity index (χ0) is 24.3. The van der Waals surface area contributed by atoms with Gasteiger partial charge in [-0.1, -0.05) is 30.3 Å². The summed E-state index contributed by atoms with van der Waals surface area (Å²) in [4.78, 5) is 24.4. The predicted octanol–water partition coefficient (Wildman–Crippen LogP) is 1.73. The first kappa shape index (κ1) is 17.3. The zero-order valence-electron chi connectivity index (χ0n) is 19.8. The second-order valence-corrected chi connectivity index (χ2v) is 7.39. The first-order chi connectivity index (χ1) is 16.3. The number of nitrogens with zero attached hydrogens (tertiary/aromatic N) is 2.